The maximum Gasteiger partial charge on any atom is 0.256 e. The number of rotatable bonds is 5. The van der Waals surface area contributed by atoms with Crippen LogP contribution in [0.2, 0.25) is 5.02 Å². The molecule has 0 bridgehead atoms. The van der Waals surface area contributed by atoms with Crippen LogP contribution in [0, 0.1) is 5.82 Å². The Morgan fingerprint density at radius 1 is 1.29 bits per heavy atom. The first-order valence-corrected chi connectivity index (χ1v) is 8.09. The highest BCUT2D eigenvalue weighted by Gasteiger charge is 2.27. The van der Waals surface area contributed by atoms with Gasteiger partial charge >= 0.3 is 0 Å². The van der Waals surface area contributed by atoms with Crippen molar-refractivity contribution in [1.82, 2.24) is 9.80 Å². The van der Waals surface area contributed by atoms with Crippen molar-refractivity contribution in [1.29, 1.82) is 0 Å². The van der Waals surface area contributed by atoms with Crippen LogP contribution >= 0.6 is 11.6 Å². The second-order valence-corrected chi connectivity index (χ2v) is 6.03. The third-order valence-corrected chi connectivity index (χ3v) is 4.31. The molecular weight excluding hydrogens is 337 g/mol. The molecule has 1 aromatic carbocycles. The molecule has 1 fully saturated rings. The van der Waals surface area contributed by atoms with Gasteiger partial charge in [-0.25, -0.2) is 4.39 Å². The Kier molecular flexibility index (Phi) is 6.53. The summed E-state index contributed by atoms with van der Waals surface area (Å²) in [5.74, 6) is -1.10. The molecule has 2 N–H and O–H groups in total. The van der Waals surface area contributed by atoms with E-state index in [1.54, 1.807) is 4.90 Å². The normalized spacial score (nSPS) is 16.2. The summed E-state index contributed by atoms with van der Waals surface area (Å²) < 4.78 is 19.0. The van der Waals surface area contributed by atoms with Crippen molar-refractivity contribution in [2.75, 3.05) is 39.8 Å². The van der Waals surface area contributed by atoms with Gasteiger partial charge in [-0.3, -0.25) is 9.59 Å². The summed E-state index contributed by atoms with van der Waals surface area (Å²) >= 11 is 5.70. The van der Waals surface area contributed by atoms with Crippen molar-refractivity contribution in [3.05, 3.63) is 34.6 Å². The molecule has 1 aliphatic heterocycles. The van der Waals surface area contributed by atoms with Gasteiger partial charge < -0.3 is 20.3 Å². The highest BCUT2D eigenvalue weighted by Crippen LogP contribution is 2.17. The lowest BCUT2D eigenvalue weighted by Gasteiger charge is -2.35. The van der Waals surface area contributed by atoms with E-state index in [2.05, 4.69) is 0 Å². The number of ether oxygens (including phenoxy) is 1. The molecule has 1 heterocycles. The van der Waals surface area contributed by atoms with Crippen LogP contribution in [-0.4, -0.2) is 67.6 Å². The Balaban J connectivity index is 1.92. The van der Waals surface area contributed by atoms with Crippen LogP contribution in [0.1, 0.15) is 16.8 Å². The lowest BCUT2D eigenvalue weighted by atomic mass is 10.1. The zero-order valence-electron chi connectivity index (χ0n) is 13.5. The van der Waals surface area contributed by atoms with Crippen molar-refractivity contribution < 1.29 is 18.7 Å². The topological polar surface area (TPSA) is 75.9 Å². The average Bonchev–Trinajstić information content (AvgIpc) is 2.59. The summed E-state index contributed by atoms with van der Waals surface area (Å²) in [6.45, 7) is 1.79. The van der Waals surface area contributed by atoms with Gasteiger partial charge in [-0.05, 0) is 18.2 Å². The molecule has 1 aromatic rings. The minimum atomic E-state index is -0.642. The first-order valence-electron chi connectivity index (χ1n) is 7.71. The molecular formula is C16H21ClFN3O3. The fraction of sp³-hybridized carbons (Fsp3) is 0.500. The summed E-state index contributed by atoms with van der Waals surface area (Å²) in [7, 11) is 1.52. The van der Waals surface area contributed by atoms with Gasteiger partial charge in [0, 0.05) is 44.9 Å². The minimum absolute atomic E-state index is 0.0123. The summed E-state index contributed by atoms with van der Waals surface area (Å²) in [6.07, 6.45) is -0.0902. The Morgan fingerprint density at radius 2 is 1.92 bits per heavy atom. The van der Waals surface area contributed by atoms with Crippen molar-refractivity contribution >= 4 is 23.4 Å². The number of piperazine rings is 1. The highest BCUT2D eigenvalue weighted by atomic mass is 35.5. The molecule has 1 aliphatic rings. The van der Waals surface area contributed by atoms with Crippen molar-refractivity contribution in [3.8, 4) is 0 Å². The van der Waals surface area contributed by atoms with Crippen molar-refractivity contribution in [3.63, 3.8) is 0 Å². The van der Waals surface area contributed by atoms with Gasteiger partial charge in [0.05, 0.1) is 18.1 Å². The van der Waals surface area contributed by atoms with Gasteiger partial charge in [0.2, 0.25) is 5.91 Å². The van der Waals surface area contributed by atoms with Crippen LogP contribution in [0.5, 0.6) is 0 Å². The van der Waals surface area contributed by atoms with Gasteiger partial charge in [0.25, 0.3) is 5.91 Å². The van der Waals surface area contributed by atoms with E-state index >= 15 is 0 Å². The number of halogens is 2. The lowest BCUT2D eigenvalue weighted by Crippen LogP contribution is -2.51. The molecule has 0 saturated carbocycles. The van der Waals surface area contributed by atoms with Crippen LogP contribution in [0.3, 0.4) is 0 Å². The number of carbonyl (C=O) groups excluding carboxylic acids is 2. The zero-order chi connectivity index (χ0) is 17.7. The Labute approximate surface area is 145 Å². The fourth-order valence-corrected chi connectivity index (χ4v) is 2.74. The first kappa shape index (κ1) is 18.6. The zero-order valence-corrected chi connectivity index (χ0v) is 14.3. The van der Waals surface area contributed by atoms with Gasteiger partial charge in [-0.2, -0.15) is 0 Å². The summed E-state index contributed by atoms with van der Waals surface area (Å²) in [5, 5.41) is 0.243. The molecule has 0 aromatic heterocycles. The number of nitrogens with two attached hydrogens (primary N) is 1. The number of hydrogen-bond donors (Lipinski definition) is 1. The van der Waals surface area contributed by atoms with E-state index in [-0.39, 0.29) is 35.6 Å². The summed E-state index contributed by atoms with van der Waals surface area (Å²) in [4.78, 5) is 27.8. The molecule has 2 amide bonds. The Morgan fingerprint density at radius 3 is 2.46 bits per heavy atom. The van der Waals surface area contributed by atoms with E-state index < -0.39 is 11.7 Å². The van der Waals surface area contributed by atoms with Crippen LogP contribution < -0.4 is 5.73 Å². The van der Waals surface area contributed by atoms with Gasteiger partial charge in [0.15, 0.2) is 0 Å². The number of methoxy groups -OCH3 is 1. The van der Waals surface area contributed by atoms with E-state index in [9.17, 15) is 14.0 Å². The smallest absolute Gasteiger partial charge is 0.256 e. The SMILES string of the molecule is COC(CN)CC(=O)N1CCN(C(=O)c2ccc(Cl)cc2F)CC1. The standard InChI is InChI=1S/C16H21ClFN3O3/c1-24-12(10-19)9-15(22)20-4-6-21(7-5-20)16(23)13-3-2-11(17)8-14(13)18/h2-3,8,12H,4-7,9-10,19H2,1H3. The second-order valence-electron chi connectivity index (χ2n) is 5.59. The molecule has 1 unspecified atom stereocenters. The molecule has 6 nitrogen and oxygen atoms in total. The minimum Gasteiger partial charge on any atom is -0.380 e. The predicted octanol–water partition coefficient (Wildman–Crippen LogP) is 1.13. The molecule has 0 aliphatic carbocycles. The molecule has 132 valence electrons. The fourth-order valence-electron chi connectivity index (χ4n) is 2.58. The first-order chi connectivity index (χ1) is 11.5. The molecule has 8 heteroatoms. The number of benzene rings is 1. The third kappa shape index (κ3) is 4.43. The summed E-state index contributed by atoms with van der Waals surface area (Å²) in [6, 6.07) is 3.98. The van der Waals surface area contributed by atoms with Gasteiger partial charge in [0.1, 0.15) is 5.82 Å². The number of amides is 2. The average molecular weight is 358 g/mol. The number of hydrogen-bond acceptors (Lipinski definition) is 4. The predicted molar refractivity (Wildman–Crippen MR) is 88.4 cm³/mol. The molecule has 24 heavy (non-hydrogen) atoms. The lowest BCUT2D eigenvalue weighted by molar-refractivity contribution is -0.135. The van der Waals surface area contributed by atoms with E-state index in [1.165, 1.54) is 24.1 Å². The van der Waals surface area contributed by atoms with Crippen LogP contribution in [0.15, 0.2) is 18.2 Å². The van der Waals surface area contributed by atoms with Crippen LogP contribution in [0.4, 0.5) is 4.39 Å². The van der Waals surface area contributed by atoms with E-state index in [4.69, 9.17) is 22.1 Å². The van der Waals surface area contributed by atoms with E-state index in [0.29, 0.717) is 26.2 Å². The maximum atomic E-state index is 13.9. The van der Waals surface area contributed by atoms with Crippen molar-refractivity contribution in [2.45, 2.75) is 12.5 Å². The number of nitrogens with zero attached hydrogens (tertiary/aromatic N) is 2. The van der Waals surface area contributed by atoms with Gasteiger partial charge in [-0.15, -0.1) is 0 Å². The monoisotopic (exact) mass is 357 g/mol. The van der Waals surface area contributed by atoms with E-state index in [0.717, 1.165) is 6.07 Å². The Hall–Kier alpha value is -1.70. The largest absolute Gasteiger partial charge is 0.380 e. The van der Waals surface area contributed by atoms with Crippen LogP contribution in [0.25, 0.3) is 0 Å². The number of carbonyl (C=O) groups is 2. The summed E-state index contributed by atoms with van der Waals surface area (Å²) in [5.41, 5.74) is 5.51. The molecule has 0 spiro atoms. The second kappa shape index (κ2) is 8.41. The maximum absolute atomic E-state index is 13.9. The van der Waals surface area contributed by atoms with Crippen LogP contribution in [-0.2, 0) is 9.53 Å². The quantitative estimate of drug-likeness (QED) is 0.857. The molecule has 1 saturated heterocycles. The van der Waals surface area contributed by atoms with E-state index in [1.807, 2.05) is 0 Å². The molecule has 0 radical (unpaired) electrons. The van der Waals surface area contributed by atoms with Gasteiger partial charge in [-0.1, -0.05) is 11.6 Å². The molecule has 2 rings (SSSR count). The van der Waals surface area contributed by atoms with Crippen molar-refractivity contribution in [2.24, 2.45) is 5.73 Å². The third-order valence-electron chi connectivity index (χ3n) is 4.08. The highest BCUT2D eigenvalue weighted by molar-refractivity contribution is 6.30. The molecule has 1 atom stereocenters. The Bertz CT molecular complexity index is 602.